The summed E-state index contributed by atoms with van der Waals surface area (Å²) in [6.07, 6.45) is 5.23. The first-order valence-corrected chi connectivity index (χ1v) is 8.86. The highest BCUT2D eigenvalue weighted by Gasteiger charge is 2.16. The highest BCUT2D eigenvalue weighted by atomic mass is 16.6. The Morgan fingerprint density at radius 1 is 1.07 bits per heavy atom. The maximum Gasteiger partial charge on any atom is 0.341 e. The number of rotatable bonds is 8. The van der Waals surface area contributed by atoms with Crippen molar-refractivity contribution in [3.05, 3.63) is 83.1 Å². The molecule has 5 heteroatoms. The van der Waals surface area contributed by atoms with E-state index in [0.29, 0.717) is 11.1 Å². The van der Waals surface area contributed by atoms with Gasteiger partial charge in [0.05, 0.1) is 26.2 Å². The molecule has 0 bridgehead atoms. The average molecular weight is 379 g/mol. The van der Waals surface area contributed by atoms with Gasteiger partial charge in [0.2, 0.25) is 0 Å². The molecule has 0 heterocycles. The van der Waals surface area contributed by atoms with E-state index in [1.807, 2.05) is 55.5 Å². The van der Waals surface area contributed by atoms with Crippen molar-refractivity contribution >= 4 is 23.3 Å². The summed E-state index contributed by atoms with van der Waals surface area (Å²) in [5, 5.41) is 4.13. The fraction of sp³-hybridized carbons (Fsp3) is 0.217. The van der Waals surface area contributed by atoms with Crippen LogP contribution in [0.5, 0.6) is 0 Å². The van der Waals surface area contributed by atoms with Crippen LogP contribution >= 0.6 is 0 Å². The number of methoxy groups -OCH3 is 2. The number of oxime groups is 1. The van der Waals surface area contributed by atoms with Gasteiger partial charge in [0, 0.05) is 5.56 Å². The Kier molecular flexibility index (Phi) is 8.03. The van der Waals surface area contributed by atoms with Crippen LogP contribution in [0.2, 0.25) is 0 Å². The first kappa shape index (κ1) is 21.0. The fourth-order valence-electron chi connectivity index (χ4n) is 2.49. The van der Waals surface area contributed by atoms with Crippen molar-refractivity contribution in [1.82, 2.24) is 0 Å². The lowest BCUT2D eigenvalue weighted by Gasteiger charge is -2.10. The number of ether oxygens (including phenoxy) is 2. The van der Waals surface area contributed by atoms with E-state index < -0.39 is 5.97 Å². The van der Waals surface area contributed by atoms with Gasteiger partial charge in [0.15, 0.2) is 0 Å². The molecule has 0 atom stereocenters. The summed E-state index contributed by atoms with van der Waals surface area (Å²) in [5.41, 5.74) is 4.86. The lowest BCUT2D eigenvalue weighted by atomic mass is 10.0. The third kappa shape index (κ3) is 6.13. The molecule has 2 aromatic rings. The summed E-state index contributed by atoms with van der Waals surface area (Å²) < 4.78 is 9.85. The Hall–Kier alpha value is -3.34. The smallest absolute Gasteiger partial charge is 0.341 e. The van der Waals surface area contributed by atoms with Crippen molar-refractivity contribution < 1.29 is 19.1 Å². The van der Waals surface area contributed by atoms with Gasteiger partial charge >= 0.3 is 5.97 Å². The van der Waals surface area contributed by atoms with E-state index in [-0.39, 0.29) is 6.61 Å². The molecular formula is C23H25NO4. The average Bonchev–Trinajstić information content (AvgIpc) is 2.71. The number of hydrogen-bond acceptors (Lipinski definition) is 5. The number of esters is 1. The minimum atomic E-state index is -0.477. The van der Waals surface area contributed by atoms with Gasteiger partial charge in [-0.3, -0.25) is 0 Å². The van der Waals surface area contributed by atoms with Gasteiger partial charge < -0.3 is 14.3 Å². The Balaban J connectivity index is 2.08. The van der Waals surface area contributed by atoms with Crippen molar-refractivity contribution in [3.63, 3.8) is 0 Å². The lowest BCUT2D eigenvalue weighted by molar-refractivity contribution is -0.133. The highest BCUT2D eigenvalue weighted by Crippen LogP contribution is 2.21. The van der Waals surface area contributed by atoms with E-state index >= 15 is 0 Å². The Morgan fingerprint density at radius 3 is 2.46 bits per heavy atom. The predicted molar refractivity (Wildman–Crippen MR) is 112 cm³/mol. The maximum absolute atomic E-state index is 12.0. The lowest BCUT2D eigenvalue weighted by Crippen LogP contribution is -2.07. The molecule has 0 aromatic heterocycles. The van der Waals surface area contributed by atoms with Crippen LogP contribution in [0.3, 0.4) is 0 Å². The van der Waals surface area contributed by atoms with Crippen molar-refractivity contribution in [2.75, 3.05) is 14.2 Å². The molecule has 0 aliphatic rings. The van der Waals surface area contributed by atoms with Crippen molar-refractivity contribution in [2.24, 2.45) is 5.16 Å². The zero-order chi connectivity index (χ0) is 20.4. The van der Waals surface area contributed by atoms with Crippen LogP contribution in [0.25, 0.3) is 11.6 Å². The van der Waals surface area contributed by atoms with Crippen LogP contribution < -0.4 is 0 Å². The molecular weight excluding hydrogens is 354 g/mol. The second kappa shape index (κ2) is 10.7. The molecule has 0 saturated heterocycles. The van der Waals surface area contributed by atoms with Gasteiger partial charge in [-0.05, 0) is 31.1 Å². The van der Waals surface area contributed by atoms with Crippen LogP contribution in [0.1, 0.15) is 29.2 Å². The normalized spacial score (nSPS) is 12.1. The maximum atomic E-state index is 12.0. The topological polar surface area (TPSA) is 57.1 Å². The van der Waals surface area contributed by atoms with Crippen LogP contribution in [0, 0.1) is 6.92 Å². The van der Waals surface area contributed by atoms with Gasteiger partial charge in [-0.2, -0.15) is 0 Å². The molecule has 0 aliphatic heterocycles. The predicted octanol–water partition coefficient (Wildman–Crippen LogP) is 4.76. The molecule has 0 aliphatic carbocycles. The molecule has 2 aromatic carbocycles. The fourth-order valence-corrected chi connectivity index (χ4v) is 2.49. The molecule has 2 rings (SSSR count). The monoisotopic (exact) mass is 379 g/mol. The molecule has 0 spiro atoms. The Bertz CT molecular complexity index is 880. The molecule has 146 valence electrons. The number of carbonyl (C=O) groups excluding carboxylic acids is 1. The third-order valence-electron chi connectivity index (χ3n) is 3.97. The number of carbonyl (C=O) groups is 1. The van der Waals surface area contributed by atoms with E-state index in [9.17, 15) is 4.79 Å². The standard InChI is InChI=1S/C23H25NO4/c1-17-9-12-19(13-10-17)14-11-18(2)24-28-15-20-7-5-6-8-21(20)22(16-26-3)23(25)27-4/h5-14,16H,15H2,1-4H3. The quantitative estimate of drug-likeness (QED) is 0.218. The second-order valence-corrected chi connectivity index (χ2v) is 6.17. The molecule has 28 heavy (non-hydrogen) atoms. The van der Waals surface area contributed by atoms with Gasteiger partial charge in [0.1, 0.15) is 12.2 Å². The largest absolute Gasteiger partial charge is 0.503 e. The van der Waals surface area contributed by atoms with Gasteiger partial charge in [-0.25, -0.2) is 4.79 Å². The Labute approximate surface area is 165 Å². The zero-order valence-electron chi connectivity index (χ0n) is 16.6. The zero-order valence-corrected chi connectivity index (χ0v) is 16.6. The minimum absolute atomic E-state index is 0.212. The number of aryl methyl sites for hydroxylation is 1. The highest BCUT2D eigenvalue weighted by molar-refractivity contribution is 6.16. The Morgan fingerprint density at radius 2 is 1.79 bits per heavy atom. The van der Waals surface area contributed by atoms with Crippen LogP contribution in [0.4, 0.5) is 0 Å². The first-order valence-electron chi connectivity index (χ1n) is 8.86. The molecule has 0 amide bonds. The second-order valence-electron chi connectivity index (χ2n) is 6.17. The van der Waals surface area contributed by atoms with E-state index in [0.717, 1.165) is 16.8 Å². The molecule has 0 fully saturated rings. The number of nitrogens with zero attached hydrogens (tertiary/aromatic N) is 1. The first-order chi connectivity index (χ1) is 13.5. The summed E-state index contributed by atoms with van der Waals surface area (Å²) in [5.74, 6) is -0.477. The van der Waals surface area contributed by atoms with Gasteiger partial charge in [0.25, 0.3) is 0 Å². The minimum Gasteiger partial charge on any atom is -0.503 e. The molecule has 5 nitrogen and oxygen atoms in total. The number of hydrogen-bond donors (Lipinski definition) is 0. The summed E-state index contributed by atoms with van der Waals surface area (Å²) in [4.78, 5) is 17.5. The number of benzene rings is 2. The molecule has 0 unspecified atom stereocenters. The molecule has 0 N–H and O–H groups in total. The van der Waals surface area contributed by atoms with E-state index in [1.165, 1.54) is 26.0 Å². The summed E-state index contributed by atoms with van der Waals surface area (Å²) in [6.45, 7) is 4.13. The van der Waals surface area contributed by atoms with E-state index in [2.05, 4.69) is 24.2 Å². The van der Waals surface area contributed by atoms with Crippen LogP contribution in [-0.2, 0) is 25.7 Å². The summed E-state index contributed by atoms with van der Waals surface area (Å²) in [7, 11) is 2.81. The van der Waals surface area contributed by atoms with Gasteiger partial charge in [-0.15, -0.1) is 0 Å². The SMILES string of the molecule is COC=C(C(=O)OC)c1ccccc1CON=C(C)C=Cc1ccc(C)cc1. The van der Waals surface area contributed by atoms with Gasteiger partial charge in [-0.1, -0.05) is 65.3 Å². The number of allylic oxidation sites excluding steroid dienone is 1. The van der Waals surface area contributed by atoms with Crippen LogP contribution in [0.15, 0.2) is 66.0 Å². The van der Waals surface area contributed by atoms with Crippen LogP contribution in [-0.4, -0.2) is 25.9 Å². The van der Waals surface area contributed by atoms with E-state index in [1.54, 1.807) is 0 Å². The van der Waals surface area contributed by atoms with Crippen molar-refractivity contribution in [2.45, 2.75) is 20.5 Å². The summed E-state index contributed by atoms with van der Waals surface area (Å²) in [6, 6.07) is 15.6. The third-order valence-corrected chi connectivity index (χ3v) is 3.97. The van der Waals surface area contributed by atoms with Crippen molar-refractivity contribution in [3.8, 4) is 0 Å². The molecule has 0 radical (unpaired) electrons. The van der Waals surface area contributed by atoms with Crippen molar-refractivity contribution in [1.29, 1.82) is 0 Å². The van der Waals surface area contributed by atoms with E-state index in [4.69, 9.17) is 14.3 Å². The molecule has 0 saturated carbocycles. The summed E-state index contributed by atoms with van der Waals surface area (Å²) >= 11 is 0.